The van der Waals surface area contributed by atoms with Crippen LogP contribution in [0, 0.1) is 0 Å². The van der Waals surface area contributed by atoms with Crippen LogP contribution < -0.4 is 14.5 Å². The number of hydrogen-bond acceptors (Lipinski definition) is 7. The standard InChI is InChI=1S/C16H17Cl2O7PS/c17-14-8-7-13(10-15(14)18)25-12-5-1-3-11(9-12)4-2-6-16(26(19,20)21)27(22,23)24/h1,3,5,7-10,16H,2,4,6H2,(H2,19,20,21)(H,22,23,24)/p-3. The summed E-state index contributed by atoms with van der Waals surface area (Å²) in [5, 5.41) is 0.713. The minimum atomic E-state index is -5.53. The van der Waals surface area contributed by atoms with E-state index >= 15 is 0 Å². The Hall–Kier alpha value is -1.12. The van der Waals surface area contributed by atoms with Crippen molar-refractivity contribution in [1.29, 1.82) is 0 Å². The second-order valence-corrected chi connectivity index (χ2v) is 10.1. The number of aryl methyl sites for hydroxylation is 1. The topological polar surface area (TPSA) is 130 Å². The van der Waals surface area contributed by atoms with E-state index in [1.807, 2.05) is 0 Å². The van der Waals surface area contributed by atoms with Gasteiger partial charge in [0, 0.05) is 6.07 Å². The first-order chi connectivity index (χ1) is 12.5. The first-order valence-electron chi connectivity index (χ1n) is 7.65. The van der Waals surface area contributed by atoms with Crippen LogP contribution in [-0.2, 0) is 21.1 Å². The maximum absolute atomic E-state index is 11.0. The monoisotopic (exact) mass is 451 g/mol. The number of hydrogen-bond donors (Lipinski definition) is 0. The fourth-order valence-electron chi connectivity index (χ4n) is 2.38. The Morgan fingerprint density at radius 1 is 1.04 bits per heavy atom. The van der Waals surface area contributed by atoms with Gasteiger partial charge in [-0.05, 0) is 49.1 Å². The normalized spacial score (nSPS) is 13.4. The second kappa shape index (κ2) is 8.92. The van der Waals surface area contributed by atoms with Gasteiger partial charge in [0.25, 0.3) is 0 Å². The molecule has 148 valence electrons. The van der Waals surface area contributed by atoms with E-state index in [1.165, 1.54) is 0 Å². The van der Waals surface area contributed by atoms with Crippen molar-refractivity contribution in [3.05, 3.63) is 58.1 Å². The molecule has 0 aliphatic rings. The molecule has 7 nitrogen and oxygen atoms in total. The highest BCUT2D eigenvalue weighted by Gasteiger charge is 2.20. The predicted octanol–water partition coefficient (Wildman–Crippen LogP) is 2.89. The molecule has 0 N–H and O–H groups in total. The van der Waals surface area contributed by atoms with Gasteiger partial charge in [0.15, 0.2) is 0 Å². The molecule has 0 radical (unpaired) electrons. The van der Waals surface area contributed by atoms with Crippen LogP contribution in [0.15, 0.2) is 42.5 Å². The lowest BCUT2D eigenvalue weighted by atomic mass is 10.1. The molecule has 0 fully saturated rings. The molecule has 0 aliphatic carbocycles. The Morgan fingerprint density at radius 2 is 1.70 bits per heavy atom. The van der Waals surface area contributed by atoms with E-state index in [2.05, 4.69) is 0 Å². The van der Waals surface area contributed by atoms with E-state index in [4.69, 9.17) is 27.9 Å². The zero-order valence-electron chi connectivity index (χ0n) is 13.7. The summed E-state index contributed by atoms with van der Waals surface area (Å²) in [7, 11) is -10.8. The van der Waals surface area contributed by atoms with Crippen molar-refractivity contribution in [3.63, 3.8) is 0 Å². The highest BCUT2D eigenvalue weighted by Crippen LogP contribution is 2.38. The highest BCUT2D eigenvalue weighted by molar-refractivity contribution is 7.93. The molecule has 27 heavy (non-hydrogen) atoms. The lowest BCUT2D eigenvalue weighted by Crippen LogP contribution is -2.32. The number of benzene rings is 2. The van der Waals surface area contributed by atoms with Gasteiger partial charge in [-0.3, -0.25) is 0 Å². The summed E-state index contributed by atoms with van der Waals surface area (Å²) in [5.74, 6) is 0.926. The maximum atomic E-state index is 11.0. The highest BCUT2D eigenvalue weighted by atomic mass is 35.5. The fourth-order valence-corrected chi connectivity index (χ4v) is 4.89. The quantitative estimate of drug-likeness (QED) is 0.445. The summed E-state index contributed by atoms with van der Waals surface area (Å²) in [4.78, 5) is 19.5. The summed E-state index contributed by atoms with van der Waals surface area (Å²) in [5.41, 5.74) is 0.709. The molecule has 11 heteroatoms. The third-order valence-electron chi connectivity index (χ3n) is 3.63. The van der Waals surface area contributed by atoms with Gasteiger partial charge in [-0.15, -0.1) is 0 Å². The van der Waals surface area contributed by atoms with Crippen LogP contribution in [0.5, 0.6) is 11.5 Å². The van der Waals surface area contributed by atoms with Crippen LogP contribution in [0.4, 0.5) is 0 Å². The van der Waals surface area contributed by atoms with Crippen molar-refractivity contribution in [2.45, 2.75) is 24.3 Å². The van der Waals surface area contributed by atoms with E-state index in [0.29, 0.717) is 27.1 Å². The summed E-state index contributed by atoms with van der Waals surface area (Å²) < 4.78 is 49.5. The van der Waals surface area contributed by atoms with Crippen LogP contribution in [0.1, 0.15) is 18.4 Å². The zero-order chi connectivity index (χ0) is 20.2. The van der Waals surface area contributed by atoms with Crippen molar-refractivity contribution in [3.8, 4) is 11.5 Å². The van der Waals surface area contributed by atoms with Crippen LogP contribution in [0.2, 0.25) is 10.0 Å². The van der Waals surface area contributed by atoms with Gasteiger partial charge in [0.1, 0.15) is 21.6 Å². The molecule has 1 unspecified atom stereocenters. The summed E-state index contributed by atoms with van der Waals surface area (Å²) >= 11 is 11.8. The first-order valence-corrected chi connectivity index (χ1v) is 11.5. The molecule has 0 heterocycles. The summed E-state index contributed by atoms with van der Waals surface area (Å²) in [6.45, 7) is 0. The third-order valence-corrected chi connectivity index (χ3v) is 7.78. The van der Waals surface area contributed by atoms with Crippen molar-refractivity contribution in [1.82, 2.24) is 0 Å². The Kier molecular flexibility index (Phi) is 7.33. The third kappa shape index (κ3) is 6.76. The molecule has 2 aromatic carbocycles. The van der Waals surface area contributed by atoms with Gasteiger partial charge < -0.3 is 23.6 Å². The Morgan fingerprint density at radius 3 is 2.30 bits per heavy atom. The van der Waals surface area contributed by atoms with E-state index < -0.39 is 29.1 Å². The molecule has 0 amide bonds. The Bertz CT molecular complexity index is 959. The minimum absolute atomic E-state index is 0.0246. The van der Waals surface area contributed by atoms with Crippen molar-refractivity contribution in [2.24, 2.45) is 0 Å². The SMILES string of the molecule is O=P([O-])([O-])C(CCCc1cccc(Oc2ccc(Cl)c(Cl)c2)c1)S(=O)(=O)[O-]. The Labute approximate surface area is 166 Å². The molecule has 0 saturated carbocycles. The molecule has 0 saturated heterocycles. The molecular weight excluding hydrogens is 438 g/mol. The molecule has 0 aromatic heterocycles. The average Bonchev–Trinajstić information content (AvgIpc) is 2.53. The minimum Gasteiger partial charge on any atom is -0.810 e. The molecule has 2 aromatic rings. The lowest BCUT2D eigenvalue weighted by molar-refractivity contribution is -0.314. The van der Waals surface area contributed by atoms with Crippen LogP contribution in [0.3, 0.4) is 0 Å². The van der Waals surface area contributed by atoms with Crippen molar-refractivity contribution in [2.75, 3.05) is 0 Å². The molecule has 0 aliphatic heterocycles. The smallest absolute Gasteiger partial charge is 0.129 e. The first kappa shape index (κ1) is 22.2. The lowest BCUT2D eigenvalue weighted by Gasteiger charge is -2.39. The largest absolute Gasteiger partial charge is 0.810 e. The van der Waals surface area contributed by atoms with Gasteiger partial charge in [-0.25, -0.2) is 8.42 Å². The summed E-state index contributed by atoms with van der Waals surface area (Å²) in [6.07, 6.45) is -0.282. The van der Waals surface area contributed by atoms with Gasteiger partial charge in [0.2, 0.25) is 0 Å². The van der Waals surface area contributed by atoms with E-state index in [9.17, 15) is 27.3 Å². The maximum Gasteiger partial charge on any atom is 0.129 e. The van der Waals surface area contributed by atoms with Crippen LogP contribution >= 0.6 is 30.8 Å². The second-order valence-electron chi connectivity index (χ2n) is 5.70. The summed E-state index contributed by atoms with van der Waals surface area (Å²) in [6, 6.07) is 11.5. The van der Waals surface area contributed by atoms with Gasteiger partial charge in [-0.2, -0.15) is 0 Å². The number of halogens is 2. The van der Waals surface area contributed by atoms with Crippen molar-refractivity contribution >= 4 is 40.9 Å². The van der Waals surface area contributed by atoms with E-state index in [1.54, 1.807) is 42.5 Å². The van der Waals surface area contributed by atoms with Gasteiger partial charge >= 0.3 is 0 Å². The number of ether oxygens (including phenoxy) is 1. The molecule has 0 spiro atoms. The molecule has 2 rings (SSSR count). The number of rotatable bonds is 8. The van der Waals surface area contributed by atoms with Crippen LogP contribution in [-0.4, -0.2) is 18.0 Å². The van der Waals surface area contributed by atoms with E-state index in [-0.39, 0.29) is 12.8 Å². The Balaban J connectivity index is 2.03. The molecule has 1 atom stereocenters. The molecular formula is C16H14Cl2O7PS-3. The average molecular weight is 452 g/mol. The predicted molar refractivity (Wildman–Crippen MR) is 97.0 cm³/mol. The molecule has 0 bridgehead atoms. The van der Waals surface area contributed by atoms with E-state index in [0.717, 1.165) is 0 Å². The fraction of sp³-hybridized carbons (Fsp3) is 0.250. The van der Waals surface area contributed by atoms with Crippen LogP contribution in [0.25, 0.3) is 0 Å². The van der Waals surface area contributed by atoms with Gasteiger partial charge in [0.05, 0.1) is 15.0 Å². The van der Waals surface area contributed by atoms with Gasteiger partial charge in [-0.1, -0.05) is 42.9 Å². The van der Waals surface area contributed by atoms with Crippen molar-refractivity contribution < 1.29 is 32.1 Å². The zero-order valence-corrected chi connectivity index (χ0v) is 16.9.